The molecule has 1 aromatic rings. The monoisotopic (exact) mass is 453 g/mol. The molecule has 0 atom stereocenters. The third-order valence-electron chi connectivity index (χ3n) is 3.11. The van der Waals surface area contributed by atoms with Crippen LogP contribution < -0.4 is 10.6 Å². The Balaban J connectivity index is 0.00000484. The van der Waals surface area contributed by atoms with E-state index in [1.165, 1.54) is 5.56 Å². The number of aliphatic imine (C=N–C) groups is 1. The number of nitrogens with one attached hydrogen (secondary N) is 2. The standard InChI is InChI=1S/C17H28ClN3O.HI/c1-3-19-17(20-11-5-6-13-22-4-2)21-12-10-15-8-7-9-16(18)14-15;/h7-9,14H,3-6,10-13H2,1-2H3,(H2,19,20,21);1H. The third-order valence-corrected chi connectivity index (χ3v) is 3.35. The number of benzene rings is 1. The Hall–Kier alpha value is -0.530. The van der Waals surface area contributed by atoms with Crippen LogP contribution in [0.3, 0.4) is 0 Å². The van der Waals surface area contributed by atoms with Crippen LogP contribution in [-0.4, -0.2) is 38.8 Å². The Kier molecular flexibility index (Phi) is 14.7. The van der Waals surface area contributed by atoms with Gasteiger partial charge < -0.3 is 15.4 Å². The molecule has 1 aromatic carbocycles. The van der Waals surface area contributed by atoms with Crippen molar-refractivity contribution in [2.75, 3.05) is 32.8 Å². The van der Waals surface area contributed by atoms with Crippen LogP contribution in [0.2, 0.25) is 5.02 Å². The Morgan fingerprint density at radius 2 is 2.04 bits per heavy atom. The molecule has 0 aliphatic rings. The van der Waals surface area contributed by atoms with Crippen molar-refractivity contribution in [2.24, 2.45) is 4.99 Å². The van der Waals surface area contributed by atoms with Gasteiger partial charge in [-0.05, 0) is 50.8 Å². The molecule has 0 saturated heterocycles. The summed E-state index contributed by atoms with van der Waals surface area (Å²) in [6.07, 6.45) is 3.03. The lowest BCUT2D eigenvalue weighted by Gasteiger charge is -2.11. The van der Waals surface area contributed by atoms with Gasteiger partial charge in [0.05, 0.1) is 0 Å². The van der Waals surface area contributed by atoms with Gasteiger partial charge in [-0.1, -0.05) is 23.7 Å². The molecule has 0 radical (unpaired) electrons. The molecular weight excluding hydrogens is 425 g/mol. The maximum Gasteiger partial charge on any atom is 0.191 e. The first-order chi connectivity index (χ1) is 10.8. The molecule has 0 aliphatic carbocycles. The van der Waals surface area contributed by atoms with E-state index in [1.807, 2.05) is 25.1 Å². The second kappa shape index (κ2) is 15.0. The number of rotatable bonds is 10. The van der Waals surface area contributed by atoms with Crippen molar-refractivity contribution in [3.05, 3.63) is 34.9 Å². The van der Waals surface area contributed by atoms with Crippen molar-refractivity contribution in [1.29, 1.82) is 0 Å². The maximum atomic E-state index is 5.99. The molecule has 132 valence electrons. The number of unbranched alkanes of at least 4 members (excludes halogenated alkanes) is 1. The van der Waals surface area contributed by atoms with E-state index in [0.29, 0.717) is 0 Å². The van der Waals surface area contributed by atoms with Crippen LogP contribution in [0, 0.1) is 0 Å². The zero-order valence-electron chi connectivity index (χ0n) is 14.1. The van der Waals surface area contributed by atoms with Gasteiger partial charge in [-0.25, -0.2) is 0 Å². The molecule has 0 aliphatic heterocycles. The number of nitrogens with zero attached hydrogens (tertiary/aromatic N) is 1. The van der Waals surface area contributed by atoms with E-state index in [2.05, 4.69) is 28.6 Å². The molecule has 0 heterocycles. The first kappa shape index (κ1) is 22.5. The topological polar surface area (TPSA) is 45.7 Å². The summed E-state index contributed by atoms with van der Waals surface area (Å²) in [5.74, 6) is 0.876. The average molecular weight is 454 g/mol. The van der Waals surface area contributed by atoms with Crippen molar-refractivity contribution in [1.82, 2.24) is 10.6 Å². The summed E-state index contributed by atoms with van der Waals surface area (Å²) >= 11 is 5.99. The van der Waals surface area contributed by atoms with E-state index in [0.717, 1.165) is 63.1 Å². The van der Waals surface area contributed by atoms with Crippen molar-refractivity contribution in [2.45, 2.75) is 33.1 Å². The average Bonchev–Trinajstić information content (AvgIpc) is 2.51. The Labute approximate surface area is 162 Å². The minimum absolute atomic E-state index is 0. The fraction of sp³-hybridized carbons (Fsp3) is 0.588. The van der Waals surface area contributed by atoms with Gasteiger partial charge in [0.2, 0.25) is 0 Å². The van der Waals surface area contributed by atoms with Crippen LogP contribution in [0.4, 0.5) is 0 Å². The summed E-state index contributed by atoms with van der Waals surface area (Å²) in [5, 5.41) is 7.40. The molecule has 6 heteroatoms. The van der Waals surface area contributed by atoms with Crippen LogP contribution in [0.5, 0.6) is 0 Å². The molecule has 0 bridgehead atoms. The molecule has 0 amide bonds. The van der Waals surface area contributed by atoms with Crippen LogP contribution in [0.25, 0.3) is 0 Å². The number of ether oxygens (including phenoxy) is 1. The van der Waals surface area contributed by atoms with Gasteiger partial charge in [0.25, 0.3) is 0 Å². The van der Waals surface area contributed by atoms with E-state index in [1.54, 1.807) is 0 Å². The summed E-state index contributed by atoms with van der Waals surface area (Å²) < 4.78 is 5.32. The van der Waals surface area contributed by atoms with E-state index in [9.17, 15) is 0 Å². The molecule has 2 N–H and O–H groups in total. The van der Waals surface area contributed by atoms with Crippen molar-refractivity contribution in [3.63, 3.8) is 0 Å². The Bertz CT molecular complexity index is 444. The number of guanidine groups is 1. The minimum Gasteiger partial charge on any atom is -0.382 e. The van der Waals surface area contributed by atoms with E-state index in [-0.39, 0.29) is 24.0 Å². The molecule has 0 aromatic heterocycles. The highest BCUT2D eigenvalue weighted by Crippen LogP contribution is 2.10. The van der Waals surface area contributed by atoms with Crippen LogP contribution >= 0.6 is 35.6 Å². The smallest absolute Gasteiger partial charge is 0.191 e. The summed E-state index contributed by atoms with van der Waals surface area (Å²) in [6.45, 7) is 8.23. The zero-order valence-corrected chi connectivity index (χ0v) is 17.2. The van der Waals surface area contributed by atoms with Gasteiger partial charge in [0.1, 0.15) is 0 Å². The van der Waals surface area contributed by atoms with Crippen LogP contribution in [0.1, 0.15) is 32.3 Å². The largest absolute Gasteiger partial charge is 0.382 e. The fourth-order valence-electron chi connectivity index (χ4n) is 2.01. The van der Waals surface area contributed by atoms with E-state index in [4.69, 9.17) is 16.3 Å². The number of hydrogen-bond acceptors (Lipinski definition) is 2. The second-order valence-corrected chi connectivity index (χ2v) is 5.41. The lowest BCUT2D eigenvalue weighted by atomic mass is 10.1. The fourth-order valence-corrected chi connectivity index (χ4v) is 2.22. The van der Waals surface area contributed by atoms with Crippen molar-refractivity contribution in [3.8, 4) is 0 Å². The molecule has 0 saturated carbocycles. The van der Waals surface area contributed by atoms with Crippen molar-refractivity contribution >= 4 is 41.5 Å². The highest BCUT2D eigenvalue weighted by molar-refractivity contribution is 14.0. The highest BCUT2D eigenvalue weighted by atomic mass is 127. The van der Waals surface area contributed by atoms with Crippen LogP contribution in [0.15, 0.2) is 29.3 Å². The van der Waals surface area contributed by atoms with E-state index < -0.39 is 0 Å². The first-order valence-electron chi connectivity index (χ1n) is 8.10. The normalized spacial score (nSPS) is 11.0. The molecular formula is C17H29ClIN3O. The molecule has 0 unspecified atom stereocenters. The molecule has 0 fully saturated rings. The molecule has 1 rings (SSSR count). The number of hydrogen-bond donors (Lipinski definition) is 2. The van der Waals surface area contributed by atoms with Crippen LogP contribution in [-0.2, 0) is 11.2 Å². The lowest BCUT2D eigenvalue weighted by molar-refractivity contribution is 0.144. The first-order valence-corrected chi connectivity index (χ1v) is 8.48. The van der Waals surface area contributed by atoms with Gasteiger partial charge in [-0.3, -0.25) is 4.99 Å². The Morgan fingerprint density at radius 1 is 1.22 bits per heavy atom. The lowest BCUT2D eigenvalue weighted by Crippen LogP contribution is -2.38. The quantitative estimate of drug-likeness (QED) is 0.245. The zero-order chi connectivity index (χ0) is 16.0. The maximum absolute atomic E-state index is 5.99. The van der Waals surface area contributed by atoms with Gasteiger partial charge in [0, 0.05) is 37.9 Å². The van der Waals surface area contributed by atoms with Gasteiger partial charge in [0.15, 0.2) is 5.96 Å². The summed E-state index contributed by atoms with van der Waals surface area (Å²) in [6, 6.07) is 7.97. The summed E-state index contributed by atoms with van der Waals surface area (Å²) in [4.78, 5) is 4.57. The minimum atomic E-state index is 0. The van der Waals surface area contributed by atoms with Gasteiger partial charge in [-0.15, -0.1) is 24.0 Å². The molecule has 23 heavy (non-hydrogen) atoms. The van der Waals surface area contributed by atoms with E-state index >= 15 is 0 Å². The highest BCUT2D eigenvalue weighted by Gasteiger charge is 1.98. The predicted octanol–water partition coefficient (Wildman–Crippen LogP) is 3.87. The Morgan fingerprint density at radius 3 is 2.74 bits per heavy atom. The SMILES string of the molecule is CCNC(=NCCCCOCC)NCCc1cccc(Cl)c1.I. The predicted molar refractivity (Wildman–Crippen MR) is 110 cm³/mol. The summed E-state index contributed by atoms with van der Waals surface area (Å²) in [5.41, 5.74) is 1.23. The third kappa shape index (κ3) is 11.6. The number of halogens is 2. The molecule has 4 nitrogen and oxygen atoms in total. The van der Waals surface area contributed by atoms with Gasteiger partial charge >= 0.3 is 0 Å². The molecule has 0 spiro atoms. The summed E-state index contributed by atoms with van der Waals surface area (Å²) in [7, 11) is 0. The second-order valence-electron chi connectivity index (χ2n) is 4.97. The van der Waals surface area contributed by atoms with Gasteiger partial charge in [-0.2, -0.15) is 0 Å². The van der Waals surface area contributed by atoms with Crippen molar-refractivity contribution < 1.29 is 4.74 Å².